The third kappa shape index (κ3) is 2.71. The molecule has 0 saturated heterocycles. The van der Waals surface area contributed by atoms with Crippen LogP contribution in [0.3, 0.4) is 0 Å². The maximum atomic E-state index is 12.8. The summed E-state index contributed by atoms with van der Waals surface area (Å²) in [6.45, 7) is 1.02. The fourth-order valence-corrected chi connectivity index (χ4v) is 2.18. The second kappa shape index (κ2) is 5.23. The predicted octanol–water partition coefficient (Wildman–Crippen LogP) is 3.45. The number of aromatic nitrogens is 2. The van der Waals surface area contributed by atoms with Crippen LogP contribution in [0.5, 0.6) is 0 Å². The van der Waals surface area contributed by atoms with Gasteiger partial charge in [-0.25, -0.2) is 9.55 Å². The summed E-state index contributed by atoms with van der Waals surface area (Å²) in [4.78, 5) is 15.4. The Balaban J connectivity index is 2.82. The highest BCUT2D eigenvalue weighted by Gasteiger charge is 2.36. The van der Waals surface area contributed by atoms with E-state index in [0.717, 1.165) is 11.5 Å². The number of alkyl halides is 3. The number of hydrogen-bond donors (Lipinski definition) is 1. The summed E-state index contributed by atoms with van der Waals surface area (Å²) in [5.41, 5.74) is 2.70. The van der Waals surface area contributed by atoms with E-state index < -0.39 is 28.9 Å². The number of hydrogen-bond acceptors (Lipinski definition) is 3. The normalized spacial score (nSPS) is 11.7. The number of halogens is 5. The molecule has 0 amide bonds. The fraction of sp³-hybridized carbons (Fsp3) is 0.167. The van der Waals surface area contributed by atoms with Crippen LogP contribution in [0.25, 0.3) is 5.69 Å². The molecule has 0 spiro atoms. The first-order valence-corrected chi connectivity index (χ1v) is 6.31. The summed E-state index contributed by atoms with van der Waals surface area (Å²) in [6, 6.07) is 4.36. The standard InChI is InChI=1S/C12H8Cl2F3N3O/c1-5-9(12(15,16)17)19-11(18)20(10(5)21)7-4-2-3-6(13)8(7)14/h2-4H,1H3,(H2,18,19). The van der Waals surface area contributed by atoms with E-state index in [9.17, 15) is 18.0 Å². The molecule has 0 radical (unpaired) electrons. The van der Waals surface area contributed by atoms with E-state index in [4.69, 9.17) is 28.9 Å². The van der Waals surface area contributed by atoms with Gasteiger partial charge in [-0.05, 0) is 19.1 Å². The van der Waals surface area contributed by atoms with Crippen LogP contribution >= 0.6 is 23.2 Å². The Morgan fingerprint density at radius 1 is 1.29 bits per heavy atom. The molecule has 21 heavy (non-hydrogen) atoms. The van der Waals surface area contributed by atoms with Crippen molar-refractivity contribution < 1.29 is 13.2 Å². The lowest BCUT2D eigenvalue weighted by Gasteiger charge is -2.15. The predicted molar refractivity (Wildman–Crippen MR) is 74.0 cm³/mol. The molecule has 2 N–H and O–H groups in total. The van der Waals surface area contributed by atoms with Gasteiger partial charge in [0.25, 0.3) is 5.56 Å². The smallest absolute Gasteiger partial charge is 0.369 e. The molecule has 112 valence electrons. The summed E-state index contributed by atoms with van der Waals surface area (Å²) in [5, 5.41) is 0.131. The SMILES string of the molecule is Cc1c(C(F)(F)F)nc(N)n(-c2cccc(Cl)c2Cl)c1=O. The lowest BCUT2D eigenvalue weighted by Crippen LogP contribution is -2.29. The van der Waals surface area contributed by atoms with Crippen LogP contribution in [0.1, 0.15) is 11.3 Å². The van der Waals surface area contributed by atoms with Gasteiger partial charge in [-0.1, -0.05) is 29.3 Å². The van der Waals surface area contributed by atoms with E-state index in [2.05, 4.69) is 4.98 Å². The summed E-state index contributed by atoms with van der Waals surface area (Å²) in [6.07, 6.45) is -4.77. The van der Waals surface area contributed by atoms with Gasteiger partial charge in [-0.2, -0.15) is 13.2 Å². The quantitative estimate of drug-likeness (QED) is 0.866. The fourth-order valence-electron chi connectivity index (χ4n) is 1.80. The summed E-state index contributed by atoms with van der Waals surface area (Å²) >= 11 is 11.8. The van der Waals surface area contributed by atoms with E-state index >= 15 is 0 Å². The Labute approximate surface area is 126 Å². The zero-order valence-electron chi connectivity index (χ0n) is 10.5. The molecule has 2 rings (SSSR count). The maximum absolute atomic E-state index is 12.8. The molecular formula is C12H8Cl2F3N3O. The minimum atomic E-state index is -4.77. The molecule has 0 saturated carbocycles. The number of benzene rings is 1. The summed E-state index contributed by atoms with van der Waals surface area (Å²) < 4.78 is 39.1. The number of anilines is 1. The van der Waals surface area contributed by atoms with Crippen molar-refractivity contribution in [1.29, 1.82) is 0 Å². The molecule has 0 unspecified atom stereocenters. The molecule has 0 bridgehead atoms. The van der Waals surface area contributed by atoms with Gasteiger partial charge >= 0.3 is 6.18 Å². The minimum Gasteiger partial charge on any atom is -0.369 e. The lowest BCUT2D eigenvalue weighted by atomic mass is 10.2. The van der Waals surface area contributed by atoms with Crippen molar-refractivity contribution in [3.8, 4) is 5.69 Å². The highest BCUT2D eigenvalue weighted by molar-refractivity contribution is 6.43. The Bertz CT molecular complexity index is 772. The monoisotopic (exact) mass is 337 g/mol. The molecule has 1 heterocycles. The van der Waals surface area contributed by atoms with Gasteiger partial charge in [-0.3, -0.25) is 4.79 Å². The van der Waals surface area contributed by atoms with Crippen molar-refractivity contribution >= 4 is 29.2 Å². The number of nitrogens with zero attached hydrogens (tertiary/aromatic N) is 2. The van der Waals surface area contributed by atoms with Crippen LogP contribution in [-0.2, 0) is 6.18 Å². The third-order valence-corrected chi connectivity index (χ3v) is 3.58. The van der Waals surface area contributed by atoms with E-state index in [1.54, 1.807) is 0 Å². The van der Waals surface area contributed by atoms with Crippen LogP contribution in [0.4, 0.5) is 19.1 Å². The first kappa shape index (κ1) is 15.7. The largest absolute Gasteiger partial charge is 0.433 e. The van der Waals surface area contributed by atoms with E-state index in [1.807, 2.05) is 0 Å². The van der Waals surface area contributed by atoms with Crippen LogP contribution in [-0.4, -0.2) is 9.55 Å². The zero-order chi connectivity index (χ0) is 15.9. The van der Waals surface area contributed by atoms with Crippen molar-refractivity contribution in [2.45, 2.75) is 13.1 Å². The maximum Gasteiger partial charge on any atom is 0.433 e. The Morgan fingerprint density at radius 3 is 2.48 bits per heavy atom. The number of rotatable bonds is 1. The number of nitrogen functional groups attached to an aromatic ring is 1. The topological polar surface area (TPSA) is 60.9 Å². The first-order valence-electron chi connectivity index (χ1n) is 5.55. The molecule has 9 heteroatoms. The molecule has 0 fully saturated rings. The van der Waals surface area contributed by atoms with Gasteiger partial charge in [0.15, 0.2) is 5.69 Å². The molecule has 1 aromatic heterocycles. The lowest BCUT2D eigenvalue weighted by molar-refractivity contribution is -0.141. The molecular weight excluding hydrogens is 330 g/mol. The van der Waals surface area contributed by atoms with Crippen molar-refractivity contribution in [3.63, 3.8) is 0 Å². The van der Waals surface area contributed by atoms with Crippen molar-refractivity contribution in [1.82, 2.24) is 9.55 Å². The molecule has 0 aliphatic heterocycles. The molecule has 0 aliphatic carbocycles. The van der Waals surface area contributed by atoms with Crippen LogP contribution in [0.2, 0.25) is 10.0 Å². The minimum absolute atomic E-state index is 0.00562. The molecule has 0 aliphatic rings. The van der Waals surface area contributed by atoms with Crippen LogP contribution in [0.15, 0.2) is 23.0 Å². The first-order chi connectivity index (χ1) is 9.64. The van der Waals surface area contributed by atoms with Gasteiger partial charge in [0.05, 0.1) is 15.7 Å². The van der Waals surface area contributed by atoms with E-state index in [0.29, 0.717) is 0 Å². The molecule has 0 atom stereocenters. The number of nitrogens with two attached hydrogens (primary N) is 1. The van der Waals surface area contributed by atoms with Gasteiger partial charge < -0.3 is 5.73 Å². The van der Waals surface area contributed by atoms with Crippen molar-refractivity contribution in [2.75, 3.05) is 5.73 Å². The Kier molecular flexibility index (Phi) is 3.90. The van der Waals surface area contributed by atoms with Gasteiger partial charge in [-0.15, -0.1) is 0 Å². The Morgan fingerprint density at radius 2 is 1.90 bits per heavy atom. The molecule has 1 aromatic carbocycles. The third-order valence-electron chi connectivity index (χ3n) is 2.78. The average molecular weight is 338 g/mol. The van der Waals surface area contributed by atoms with E-state index in [1.165, 1.54) is 18.2 Å². The summed E-state index contributed by atoms with van der Waals surface area (Å²) in [7, 11) is 0. The van der Waals surface area contributed by atoms with Gasteiger partial charge in [0.2, 0.25) is 5.95 Å². The van der Waals surface area contributed by atoms with Crippen LogP contribution in [0, 0.1) is 6.92 Å². The van der Waals surface area contributed by atoms with Crippen molar-refractivity contribution in [3.05, 3.63) is 49.9 Å². The molecule has 2 aromatic rings. The second-order valence-electron chi connectivity index (χ2n) is 4.15. The highest BCUT2D eigenvalue weighted by atomic mass is 35.5. The Hall–Kier alpha value is -1.73. The van der Waals surface area contributed by atoms with E-state index in [-0.39, 0.29) is 15.7 Å². The van der Waals surface area contributed by atoms with Gasteiger partial charge in [0.1, 0.15) is 0 Å². The molecule has 4 nitrogen and oxygen atoms in total. The zero-order valence-corrected chi connectivity index (χ0v) is 12.0. The van der Waals surface area contributed by atoms with Crippen LogP contribution < -0.4 is 11.3 Å². The average Bonchev–Trinajstić information content (AvgIpc) is 2.37. The van der Waals surface area contributed by atoms with Crippen molar-refractivity contribution in [2.24, 2.45) is 0 Å². The van der Waals surface area contributed by atoms with Gasteiger partial charge in [0, 0.05) is 5.56 Å². The highest BCUT2D eigenvalue weighted by Crippen LogP contribution is 2.32. The summed E-state index contributed by atoms with van der Waals surface area (Å²) in [5.74, 6) is -0.623. The second-order valence-corrected chi connectivity index (χ2v) is 4.94.